The number of ether oxygens (including phenoxy) is 3. The Hall–Kier alpha value is -2.90. The Morgan fingerprint density at radius 1 is 1.17 bits per heavy atom. The summed E-state index contributed by atoms with van der Waals surface area (Å²) in [7, 11) is 8.82. The molecule has 0 aliphatic carbocycles. The minimum Gasteiger partial charge on any atom is -0.493 e. The first-order chi connectivity index (χ1) is 14.3. The maximum Gasteiger partial charge on any atom is 0.203 e. The molecule has 0 fully saturated rings. The molecule has 0 aliphatic heterocycles. The summed E-state index contributed by atoms with van der Waals surface area (Å²) in [6.45, 7) is 8.37. The number of aryl methyl sites for hydroxylation is 1. The number of methoxy groups -OCH3 is 3. The number of hydrogen-bond donors (Lipinski definition) is 1. The summed E-state index contributed by atoms with van der Waals surface area (Å²) in [5, 5.41) is 7.98. The molecule has 2 rings (SSSR count). The molecule has 0 saturated heterocycles. The topological polar surface area (TPSA) is 73.1 Å². The Balaban J connectivity index is 2.26. The Morgan fingerprint density at radius 2 is 1.80 bits per heavy atom. The fraction of sp³-hybridized carbons (Fsp3) is 0.545. The maximum atomic E-state index is 5.45. The van der Waals surface area contributed by atoms with Crippen molar-refractivity contribution >= 4 is 5.96 Å². The second-order valence-corrected chi connectivity index (χ2v) is 7.43. The van der Waals surface area contributed by atoms with Crippen molar-refractivity contribution in [1.82, 2.24) is 20.0 Å². The van der Waals surface area contributed by atoms with E-state index in [1.54, 1.807) is 21.3 Å². The molecule has 1 N–H and O–H groups in total. The summed E-state index contributed by atoms with van der Waals surface area (Å²) in [5.41, 5.74) is 3.29. The van der Waals surface area contributed by atoms with Crippen LogP contribution in [-0.2, 0) is 20.1 Å². The number of guanidine groups is 1. The number of hydrogen-bond acceptors (Lipinski definition) is 5. The van der Waals surface area contributed by atoms with Crippen LogP contribution in [0.5, 0.6) is 17.2 Å². The van der Waals surface area contributed by atoms with Crippen molar-refractivity contribution in [2.24, 2.45) is 12.0 Å². The van der Waals surface area contributed by atoms with E-state index in [1.807, 2.05) is 30.9 Å². The van der Waals surface area contributed by atoms with Crippen LogP contribution in [0, 0.1) is 0 Å². The number of nitrogens with zero attached hydrogens (tertiary/aromatic N) is 4. The van der Waals surface area contributed by atoms with Crippen LogP contribution >= 0.6 is 0 Å². The normalized spacial score (nSPS) is 11.6. The number of benzene rings is 1. The molecule has 0 unspecified atom stereocenters. The molecule has 8 heteroatoms. The molecule has 0 atom stereocenters. The van der Waals surface area contributed by atoms with Crippen molar-refractivity contribution in [3.05, 3.63) is 35.2 Å². The van der Waals surface area contributed by atoms with Gasteiger partial charge in [-0.1, -0.05) is 13.8 Å². The molecule has 0 radical (unpaired) electrons. The van der Waals surface area contributed by atoms with Crippen LogP contribution in [0.1, 0.15) is 43.5 Å². The highest BCUT2D eigenvalue weighted by molar-refractivity contribution is 5.79. The van der Waals surface area contributed by atoms with Crippen LogP contribution < -0.4 is 19.5 Å². The fourth-order valence-corrected chi connectivity index (χ4v) is 3.36. The van der Waals surface area contributed by atoms with Gasteiger partial charge in [-0.05, 0) is 30.5 Å². The van der Waals surface area contributed by atoms with Gasteiger partial charge < -0.3 is 24.4 Å². The van der Waals surface area contributed by atoms with Gasteiger partial charge in [0.15, 0.2) is 17.5 Å². The van der Waals surface area contributed by atoms with E-state index in [0.29, 0.717) is 29.7 Å². The average molecular weight is 418 g/mol. The van der Waals surface area contributed by atoms with E-state index >= 15 is 0 Å². The van der Waals surface area contributed by atoms with Gasteiger partial charge in [-0.2, -0.15) is 5.10 Å². The monoisotopic (exact) mass is 417 g/mol. The van der Waals surface area contributed by atoms with E-state index in [-0.39, 0.29) is 0 Å². The molecular weight excluding hydrogens is 382 g/mol. The lowest BCUT2D eigenvalue weighted by Crippen LogP contribution is -2.38. The number of rotatable bonds is 9. The van der Waals surface area contributed by atoms with E-state index in [2.05, 4.69) is 42.3 Å². The number of aromatic nitrogens is 2. The lowest BCUT2D eigenvalue weighted by Gasteiger charge is -2.22. The van der Waals surface area contributed by atoms with Crippen LogP contribution in [0.15, 0.2) is 23.3 Å². The molecule has 166 valence electrons. The lowest BCUT2D eigenvalue weighted by atomic mass is 10.1. The zero-order valence-corrected chi connectivity index (χ0v) is 19.4. The molecule has 0 aliphatic rings. The highest BCUT2D eigenvalue weighted by Gasteiger charge is 2.16. The lowest BCUT2D eigenvalue weighted by molar-refractivity contribution is 0.324. The van der Waals surface area contributed by atoms with Gasteiger partial charge >= 0.3 is 0 Å². The first kappa shape index (κ1) is 23.4. The van der Waals surface area contributed by atoms with Gasteiger partial charge in [0.05, 0.1) is 33.6 Å². The first-order valence-corrected chi connectivity index (χ1v) is 10.1. The highest BCUT2D eigenvalue weighted by Crippen LogP contribution is 2.38. The van der Waals surface area contributed by atoms with Gasteiger partial charge in [-0.15, -0.1) is 0 Å². The van der Waals surface area contributed by atoms with Gasteiger partial charge in [0.25, 0.3) is 0 Å². The molecule has 0 amide bonds. The Bertz CT molecular complexity index is 835. The zero-order chi connectivity index (χ0) is 22.3. The Labute approximate surface area is 179 Å². The molecule has 30 heavy (non-hydrogen) atoms. The SMILES string of the molecule is CCNC(=NCc1cc(OC)c(OC)c(OC)c1)N(C)Cc1cn(C)nc1C(C)C. The first-order valence-electron chi connectivity index (χ1n) is 10.1. The Kier molecular flexibility index (Phi) is 8.38. The van der Waals surface area contributed by atoms with Crippen molar-refractivity contribution in [2.45, 2.75) is 39.8 Å². The van der Waals surface area contributed by atoms with Crippen molar-refractivity contribution < 1.29 is 14.2 Å². The van der Waals surface area contributed by atoms with Crippen molar-refractivity contribution in [3.8, 4) is 17.2 Å². The van der Waals surface area contributed by atoms with Crippen LogP contribution in [0.4, 0.5) is 0 Å². The maximum absolute atomic E-state index is 5.45. The third-order valence-electron chi connectivity index (χ3n) is 4.72. The van der Waals surface area contributed by atoms with Crippen LogP contribution in [0.3, 0.4) is 0 Å². The van der Waals surface area contributed by atoms with E-state index in [9.17, 15) is 0 Å². The molecule has 1 aromatic carbocycles. The van der Waals surface area contributed by atoms with Crippen LogP contribution in [0.25, 0.3) is 0 Å². The summed E-state index contributed by atoms with van der Waals surface area (Å²) in [4.78, 5) is 6.94. The molecule has 0 saturated carbocycles. The predicted molar refractivity (Wildman–Crippen MR) is 120 cm³/mol. The van der Waals surface area contributed by atoms with E-state index in [0.717, 1.165) is 30.3 Å². The highest BCUT2D eigenvalue weighted by atomic mass is 16.5. The van der Waals surface area contributed by atoms with Gasteiger partial charge in [0, 0.05) is 38.9 Å². The second kappa shape index (κ2) is 10.8. The third-order valence-corrected chi connectivity index (χ3v) is 4.72. The van der Waals surface area contributed by atoms with Crippen molar-refractivity contribution in [1.29, 1.82) is 0 Å². The predicted octanol–water partition coefficient (Wildman–Crippen LogP) is 3.17. The summed E-state index contributed by atoms with van der Waals surface area (Å²) in [5.74, 6) is 3.02. The molecule has 1 aromatic heterocycles. The fourth-order valence-electron chi connectivity index (χ4n) is 3.36. The summed E-state index contributed by atoms with van der Waals surface area (Å²) < 4.78 is 18.2. The van der Waals surface area contributed by atoms with Crippen molar-refractivity contribution in [2.75, 3.05) is 34.9 Å². The average Bonchev–Trinajstić information content (AvgIpc) is 3.10. The standard InChI is InChI=1S/C22H35N5O3/c1-9-23-22(26(4)13-17-14-27(5)25-20(17)15(2)3)24-12-16-10-18(28-6)21(30-8)19(11-16)29-7/h10-11,14-15H,9,12-13H2,1-8H3,(H,23,24). The molecule has 0 bridgehead atoms. The zero-order valence-electron chi connectivity index (χ0n) is 19.4. The smallest absolute Gasteiger partial charge is 0.203 e. The summed E-state index contributed by atoms with van der Waals surface area (Å²) in [6, 6.07) is 3.85. The molecule has 1 heterocycles. The van der Waals surface area contributed by atoms with Gasteiger partial charge in [0.1, 0.15) is 0 Å². The largest absolute Gasteiger partial charge is 0.493 e. The van der Waals surface area contributed by atoms with Gasteiger partial charge in [-0.25, -0.2) is 4.99 Å². The quantitative estimate of drug-likeness (QED) is 0.499. The number of nitrogens with one attached hydrogen (secondary N) is 1. The molecular formula is C22H35N5O3. The minimum atomic E-state index is 0.369. The molecule has 2 aromatic rings. The van der Waals surface area contributed by atoms with Gasteiger partial charge in [0.2, 0.25) is 5.75 Å². The van der Waals surface area contributed by atoms with Crippen LogP contribution in [0.2, 0.25) is 0 Å². The van der Waals surface area contributed by atoms with Gasteiger partial charge in [-0.3, -0.25) is 4.68 Å². The molecule has 0 spiro atoms. The number of aliphatic imine (C=N–C) groups is 1. The molecule has 8 nitrogen and oxygen atoms in total. The van der Waals surface area contributed by atoms with Crippen molar-refractivity contribution in [3.63, 3.8) is 0 Å². The second-order valence-electron chi connectivity index (χ2n) is 7.43. The summed E-state index contributed by atoms with van der Waals surface area (Å²) >= 11 is 0. The van der Waals surface area contributed by atoms with E-state index in [4.69, 9.17) is 19.2 Å². The third kappa shape index (κ3) is 5.58. The Morgan fingerprint density at radius 3 is 2.30 bits per heavy atom. The van der Waals surface area contributed by atoms with E-state index in [1.165, 1.54) is 5.56 Å². The van der Waals surface area contributed by atoms with E-state index < -0.39 is 0 Å². The minimum absolute atomic E-state index is 0.369. The summed E-state index contributed by atoms with van der Waals surface area (Å²) in [6.07, 6.45) is 2.08. The van der Waals surface area contributed by atoms with Crippen LogP contribution in [-0.4, -0.2) is 55.6 Å².